The van der Waals surface area contributed by atoms with E-state index in [2.05, 4.69) is 15.5 Å². The highest BCUT2D eigenvalue weighted by Crippen LogP contribution is 2.27. The number of aromatic nitrogens is 3. The minimum Gasteiger partial charge on any atom is -0.332 e. The molecule has 28 heavy (non-hydrogen) atoms. The Bertz CT molecular complexity index is 900. The molecule has 1 fully saturated rings. The lowest BCUT2D eigenvalue weighted by molar-refractivity contribution is -0.116. The van der Waals surface area contributed by atoms with Crippen LogP contribution >= 0.6 is 11.8 Å². The molecule has 0 atom stereocenters. The van der Waals surface area contributed by atoms with Gasteiger partial charge in [0.15, 0.2) is 5.82 Å². The van der Waals surface area contributed by atoms with Gasteiger partial charge in [-0.3, -0.25) is 9.59 Å². The first kappa shape index (κ1) is 18.9. The van der Waals surface area contributed by atoms with Gasteiger partial charge in [-0.25, -0.2) is 4.39 Å². The number of halogens is 1. The van der Waals surface area contributed by atoms with Gasteiger partial charge in [0.2, 0.25) is 5.91 Å². The van der Waals surface area contributed by atoms with Crippen LogP contribution < -0.4 is 5.32 Å². The Labute approximate surface area is 166 Å². The minimum atomic E-state index is -0.392. The predicted octanol–water partition coefficient (Wildman–Crippen LogP) is 3.31. The molecule has 1 aromatic carbocycles. The molecule has 0 aliphatic carbocycles. The Hall–Kier alpha value is -2.42. The molecule has 9 heteroatoms. The van der Waals surface area contributed by atoms with Crippen LogP contribution in [0.1, 0.15) is 31.5 Å². The van der Waals surface area contributed by atoms with E-state index in [1.165, 1.54) is 23.9 Å². The number of anilines is 1. The van der Waals surface area contributed by atoms with Crippen LogP contribution in [0.2, 0.25) is 0 Å². The van der Waals surface area contributed by atoms with Gasteiger partial charge < -0.3 is 14.8 Å². The van der Waals surface area contributed by atoms with Crippen LogP contribution in [-0.2, 0) is 17.8 Å². The minimum absolute atomic E-state index is 0.0179. The maximum absolute atomic E-state index is 14.5. The average Bonchev–Trinajstić information content (AvgIpc) is 3.20. The zero-order valence-corrected chi connectivity index (χ0v) is 16.3. The maximum Gasteiger partial charge on any atom is 0.281 e. The molecule has 0 unspecified atom stereocenters. The molecule has 0 bridgehead atoms. The van der Waals surface area contributed by atoms with Gasteiger partial charge in [0.05, 0.1) is 5.56 Å². The number of aryl methyl sites for hydroxylation is 1. The van der Waals surface area contributed by atoms with Crippen molar-refractivity contribution in [2.24, 2.45) is 0 Å². The number of fused-ring (bicyclic) bond motifs is 1. The second kappa shape index (κ2) is 8.30. The van der Waals surface area contributed by atoms with Gasteiger partial charge in [-0.05, 0) is 31.0 Å². The predicted molar refractivity (Wildman–Crippen MR) is 106 cm³/mol. The van der Waals surface area contributed by atoms with Gasteiger partial charge >= 0.3 is 0 Å². The van der Waals surface area contributed by atoms with E-state index in [1.54, 1.807) is 11.0 Å². The average molecular weight is 403 g/mol. The van der Waals surface area contributed by atoms with Crippen molar-refractivity contribution in [2.45, 2.75) is 38.6 Å². The van der Waals surface area contributed by atoms with Crippen molar-refractivity contribution in [1.82, 2.24) is 19.7 Å². The van der Waals surface area contributed by atoms with Crippen LogP contribution in [0.5, 0.6) is 0 Å². The fourth-order valence-electron chi connectivity index (χ4n) is 3.55. The summed E-state index contributed by atoms with van der Waals surface area (Å²) in [6.45, 7) is 1.84. The van der Waals surface area contributed by atoms with Crippen molar-refractivity contribution >= 4 is 28.6 Å². The van der Waals surface area contributed by atoms with Crippen molar-refractivity contribution in [2.75, 3.05) is 24.2 Å². The third-order valence-electron chi connectivity index (χ3n) is 5.05. The molecule has 2 amide bonds. The molecule has 2 aliphatic heterocycles. The zero-order chi connectivity index (χ0) is 19.5. The summed E-state index contributed by atoms with van der Waals surface area (Å²) < 4.78 is 16.5. The monoisotopic (exact) mass is 403 g/mol. The van der Waals surface area contributed by atoms with Crippen LogP contribution in [0.3, 0.4) is 0 Å². The summed E-state index contributed by atoms with van der Waals surface area (Å²) in [5.74, 6) is 1.56. The van der Waals surface area contributed by atoms with Crippen LogP contribution in [0.4, 0.5) is 14.9 Å². The Kier molecular flexibility index (Phi) is 5.61. The first-order valence-corrected chi connectivity index (χ1v) is 10.5. The second-order valence-electron chi connectivity index (χ2n) is 7.00. The Morgan fingerprint density at radius 2 is 2.11 bits per heavy atom. The summed E-state index contributed by atoms with van der Waals surface area (Å²) >= 11 is 1.27. The van der Waals surface area contributed by atoms with Crippen molar-refractivity contribution in [3.8, 4) is 11.4 Å². The Balaban J connectivity index is 1.47. The van der Waals surface area contributed by atoms with Gasteiger partial charge in [0, 0.05) is 43.9 Å². The van der Waals surface area contributed by atoms with Crippen molar-refractivity contribution in [3.05, 3.63) is 29.8 Å². The summed E-state index contributed by atoms with van der Waals surface area (Å²) in [6, 6.07) is 4.48. The number of hydrogen-bond donors (Lipinski definition) is 1. The highest BCUT2D eigenvalue weighted by Gasteiger charge is 2.22. The van der Waals surface area contributed by atoms with Gasteiger partial charge in [0.1, 0.15) is 11.6 Å². The Morgan fingerprint density at radius 3 is 2.93 bits per heavy atom. The number of carbonyl (C=O) groups excluding carboxylic acids is 2. The largest absolute Gasteiger partial charge is 0.332 e. The standard InChI is InChI=1S/C19H22FN5O2S/c20-15-6-5-13(21-17(26)7-9-24-10-11-28-19(24)27)12-14(15)18-23-22-16-4-2-1-3-8-25(16)18/h5-6,12H,1-4,7-11H2,(H,21,26). The van der Waals surface area contributed by atoms with E-state index < -0.39 is 5.82 Å². The number of nitrogens with one attached hydrogen (secondary N) is 1. The summed E-state index contributed by atoms with van der Waals surface area (Å²) in [5, 5.41) is 11.2. The van der Waals surface area contributed by atoms with Crippen LogP contribution in [0.25, 0.3) is 11.4 Å². The molecule has 3 heterocycles. The lowest BCUT2D eigenvalue weighted by Crippen LogP contribution is -2.27. The van der Waals surface area contributed by atoms with Crippen molar-refractivity contribution < 1.29 is 14.0 Å². The summed E-state index contributed by atoms with van der Waals surface area (Å²) in [6.07, 6.45) is 4.26. The van der Waals surface area contributed by atoms with Gasteiger partial charge in [-0.15, -0.1) is 10.2 Å². The molecular formula is C19H22FN5O2S. The third kappa shape index (κ3) is 4.04. The topological polar surface area (TPSA) is 80.1 Å². The summed E-state index contributed by atoms with van der Waals surface area (Å²) in [5.41, 5.74) is 0.846. The van der Waals surface area contributed by atoms with E-state index in [9.17, 15) is 14.0 Å². The van der Waals surface area contributed by atoms with Crippen LogP contribution in [0.15, 0.2) is 18.2 Å². The fraction of sp³-hybridized carbons (Fsp3) is 0.474. The van der Waals surface area contributed by atoms with E-state index >= 15 is 0 Å². The maximum atomic E-state index is 14.5. The smallest absolute Gasteiger partial charge is 0.281 e. The summed E-state index contributed by atoms with van der Waals surface area (Å²) in [4.78, 5) is 25.5. The molecule has 148 valence electrons. The normalized spacial score (nSPS) is 16.8. The number of benzene rings is 1. The van der Waals surface area contributed by atoms with Crippen molar-refractivity contribution in [3.63, 3.8) is 0 Å². The van der Waals surface area contributed by atoms with Gasteiger partial charge in [-0.2, -0.15) is 0 Å². The molecule has 7 nitrogen and oxygen atoms in total. The first-order valence-electron chi connectivity index (χ1n) is 9.55. The molecule has 0 radical (unpaired) electrons. The lowest BCUT2D eigenvalue weighted by atomic mass is 10.1. The SMILES string of the molecule is O=C(CCN1CCSC1=O)Nc1ccc(F)c(-c2nnc3n2CCCCC3)c1. The van der Waals surface area contributed by atoms with E-state index in [0.717, 1.165) is 43.8 Å². The van der Waals surface area contributed by atoms with Crippen molar-refractivity contribution in [1.29, 1.82) is 0 Å². The molecular weight excluding hydrogens is 381 g/mol. The molecule has 2 aliphatic rings. The lowest BCUT2D eigenvalue weighted by Gasteiger charge is -2.14. The molecule has 0 saturated carbocycles. The van der Waals surface area contributed by atoms with E-state index in [0.29, 0.717) is 30.2 Å². The first-order chi connectivity index (χ1) is 13.6. The number of rotatable bonds is 5. The highest BCUT2D eigenvalue weighted by molar-refractivity contribution is 8.13. The zero-order valence-electron chi connectivity index (χ0n) is 15.5. The number of amides is 2. The number of nitrogens with zero attached hydrogens (tertiary/aromatic N) is 4. The molecule has 4 rings (SSSR count). The van der Waals surface area contributed by atoms with E-state index in [-0.39, 0.29) is 17.6 Å². The molecule has 1 N–H and O–H groups in total. The van der Waals surface area contributed by atoms with E-state index in [4.69, 9.17) is 0 Å². The number of thioether (sulfide) groups is 1. The summed E-state index contributed by atoms with van der Waals surface area (Å²) in [7, 11) is 0. The van der Waals surface area contributed by atoms with Crippen LogP contribution in [0, 0.1) is 5.82 Å². The van der Waals surface area contributed by atoms with Crippen LogP contribution in [-0.4, -0.2) is 49.7 Å². The highest BCUT2D eigenvalue weighted by atomic mass is 32.2. The Morgan fingerprint density at radius 1 is 1.21 bits per heavy atom. The number of hydrogen-bond acceptors (Lipinski definition) is 5. The van der Waals surface area contributed by atoms with Gasteiger partial charge in [-0.1, -0.05) is 18.2 Å². The molecule has 2 aromatic rings. The molecule has 0 spiro atoms. The second-order valence-corrected chi connectivity index (χ2v) is 8.04. The van der Waals surface area contributed by atoms with Gasteiger partial charge in [0.25, 0.3) is 5.24 Å². The third-order valence-corrected chi connectivity index (χ3v) is 5.95. The fourth-order valence-corrected chi connectivity index (χ4v) is 4.40. The quantitative estimate of drug-likeness (QED) is 0.829. The molecule has 1 saturated heterocycles. The van der Waals surface area contributed by atoms with E-state index in [1.807, 2.05) is 4.57 Å². The number of carbonyl (C=O) groups is 2. The molecule has 1 aromatic heterocycles.